The Bertz CT molecular complexity index is 2850. The fraction of sp³-hybridized carbons (Fsp3) is 0.0526. The average molecular weight is 757 g/mol. The monoisotopic (exact) mass is 756 g/mol. The van der Waals surface area contributed by atoms with Crippen LogP contribution in [0.5, 0.6) is 0 Å². The van der Waals surface area contributed by atoms with Crippen LogP contribution in [-0.2, 0) is 5.41 Å². The van der Waals surface area contributed by atoms with Gasteiger partial charge in [0.2, 0.25) is 0 Å². The van der Waals surface area contributed by atoms with E-state index in [0.29, 0.717) is 0 Å². The molecule has 10 rings (SSSR count). The Hall–Kier alpha value is -7.42. The van der Waals surface area contributed by atoms with Gasteiger partial charge in [-0.2, -0.15) is 0 Å². The van der Waals surface area contributed by atoms with Crippen LogP contribution in [0.3, 0.4) is 0 Å². The van der Waals surface area contributed by atoms with Gasteiger partial charge in [-0.05, 0) is 128 Å². The Labute approximate surface area is 347 Å². The third-order valence-electron chi connectivity index (χ3n) is 11.9. The zero-order chi connectivity index (χ0) is 39.8. The Morgan fingerprint density at radius 2 is 0.508 bits per heavy atom. The lowest BCUT2D eigenvalue weighted by atomic mass is 9.82. The average Bonchev–Trinajstić information content (AvgIpc) is 3.53. The summed E-state index contributed by atoms with van der Waals surface area (Å²) >= 11 is 0. The van der Waals surface area contributed by atoms with Gasteiger partial charge in [-0.15, -0.1) is 0 Å². The summed E-state index contributed by atoms with van der Waals surface area (Å²) in [5.41, 5.74) is 19.1. The molecule has 1 aliphatic carbocycles. The van der Waals surface area contributed by atoms with Crippen molar-refractivity contribution in [1.29, 1.82) is 0 Å². The lowest BCUT2D eigenvalue weighted by Crippen LogP contribution is -2.17. The van der Waals surface area contributed by atoms with Gasteiger partial charge in [0, 0.05) is 39.5 Å². The maximum atomic E-state index is 2.41. The van der Waals surface area contributed by atoms with Crippen LogP contribution < -0.4 is 9.80 Å². The molecule has 0 N–H and O–H groups in total. The molecule has 0 saturated carbocycles. The molecule has 0 aliphatic heterocycles. The predicted molar refractivity (Wildman–Crippen MR) is 250 cm³/mol. The summed E-state index contributed by atoms with van der Waals surface area (Å²) in [5.74, 6) is 0. The van der Waals surface area contributed by atoms with Crippen LogP contribution in [-0.4, -0.2) is 0 Å². The van der Waals surface area contributed by atoms with Crippen LogP contribution in [0.15, 0.2) is 231 Å². The molecule has 0 heterocycles. The van der Waals surface area contributed by atoms with Crippen molar-refractivity contribution in [2.75, 3.05) is 9.80 Å². The highest BCUT2D eigenvalue weighted by Crippen LogP contribution is 2.52. The molecular formula is C57H44N2. The van der Waals surface area contributed by atoms with Gasteiger partial charge in [-0.1, -0.05) is 172 Å². The molecule has 282 valence electrons. The minimum atomic E-state index is -0.228. The van der Waals surface area contributed by atoms with E-state index in [1.807, 2.05) is 0 Å². The van der Waals surface area contributed by atoms with Gasteiger partial charge in [-0.3, -0.25) is 0 Å². The number of hydrogen-bond acceptors (Lipinski definition) is 2. The van der Waals surface area contributed by atoms with Crippen LogP contribution in [0, 0.1) is 0 Å². The van der Waals surface area contributed by atoms with Crippen LogP contribution in [0.2, 0.25) is 0 Å². The summed E-state index contributed by atoms with van der Waals surface area (Å²) in [6.07, 6.45) is 0. The van der Waals surface area contributed by atoms with E-state index in [1.165, 1.54) is 55.6 Å². The second-order valence-electron chi connectivity index (χ2n) is 15.8. The van der Waals surface area contributed by atoms with Crippen molar-refractivity contribution >= 4 is 34.1 Å². The molecule has 0 atom stereocenters. The standard InChI is InChI=1S/C57H44N2/c1-57(2)55-39-51(58(47-19-11-5-12-20-47)49-31-27-45(28-32-49)42-17-9-4-10-18-42)35-37-53(55)54-38-36-52(40-56(54)57)59(48-21-13-6-14-22-48)50-33-29-46(30-34-50)44-25-23-43(24-26-44)41-15-7-3-8-16-41/h3-40H,1-2H3. The van der Waals surface area contributed by atoms with Gasteiger partial charge in [0.15, 0.2) is 0 Å². The normalized spacial score (nSPS) is 12.4. The van der Waals surface area contributed by atoms with Gasteiger partial charge in [0.25, 0.3) is 0 Å². The summed E-state index contributed by atoms with van der Waals surface area (Å²) in [6, 6.07) is 83.3. The minimum Gasteiger partial charge on any atom is -0.310 e. The molecule has 0 spiro atoms. The second-order valence-corrected chi connectivity index (χ2v) is 15.8. The highest BCUT2D eigenvalue weighted by molar-refractivity contribution is 5.89. The number of hydrogen-bond donors (Lipinski definition) is 0. The van der Waals surface area contributed by atoms with Crippen molar-refractivity contribution in [3.05, 3.63) is 242 Å². The molecule has 2 heteroatoms. The molecule has 0 saturated heterocycles. The maximum absolute atomic E-state index is 2.41. The van der Waals surface area contributed by atoms with E-state index < -0.39 is 0 Å². The Balaban J connectivity index is 0.989. The minimum absolute atomic E-state index is 0.228. The van der Waals surface area contributed by atoms with Crippen molar-refractivity contribution < 1.29 is 0 Å². The third-order valence-corrected chi connectivity index (χ3v) is 11.9. The maximum Gasteiger partial charge on any atom is 0.0465 e. The van der Waals surface area contributed by atoms with E-state index in [-0.39, 0.29) is 5.41 Å². The quantitative estimate of drug-likeness (QED) is 0.145. The van der Waals surface area contributed by atoms with E-state index in [9.17, 15) is 0 Å². The van der Waals surface area contributed by atoms with Gasteiger partial charge >= 0.3 is 0 Å². The highest BCUT2D eigenvalue weighted by atomic mass is 15.1. The van der Waals surface area contributed by atoms with Crippen molar-refractivity contribution in [3.63, 3.8) is 0 Å². The zero-order valence-electron chi connectivity index (χ0n) is 33.3. The summed E-state index contributed by atoms with van der Waals surface area (Å²) in [5, 5.41) is 0. The van der Waals surface area contributed by atoms with E-state index in [2.05, 4.69) is 254 Å². The van der Waals surface area contributed by atoms with Gasteiger partial charge in [-0.25, -0.2) is 0 Å². The molecule has 0 bridgehead atoms. The number of benzene rings is 9. The van der Waals surface area contributed by atoms with Crippen LogP contribution in [0.1, 0.15) is 25.0 Å². The lowest BCUT2D eigenvalue weighted by Gasteiger charge is -2.29. The number of fused-ring (bicyclic) bond motifs is 3. The van der Waals surface area contributed by atoms with Gasteiger partial charge < -0.3 is 9.80 Å². The molecule has 2 nitrogen and oxygen atoms in total. The molecule has 0 amide bonds. The number of nitrogens with zero attached hydrogens (tertiary/aromatic N) is 2. The highest BCUT2D eigenvalue weighted by Gasteiger charge is 2.37. The van der Waals surface area contributed by atoms with Crippen LogP contribution in [0.4, 0.5) is 34.1 Å². The first-order chi connectivity index (χ1) is 29.0. The summed E-state index contributed by atoms with van der Waals surface area (Å²) in [7, 11) is 0. The SMILES string of the molecule is CC1(C)c2cc(N(c3ccccc3)c3ccc(-c4ccccc4)cc3)ccc2-c2ccc(N(c3ccccc3)c3ccc(-c4ccc(-c5ccccc5)cc4)cc3)cc21. The molecule has 59 heavy (non-hydrogen) atoms. The van der Waals surface area contributed by atoms with E-state index >= 15 is 0 Å². The lowest BCUT2D eigenvalue weighted by molar-refractivity contribution is 0.660. The Kier molecular flexibility index (Phi) is 9.24. The zero-order valence-corrected chi connectivity index (χ0v) is 33.3. The van der Waals surface area contributed by atoms with E-state index in [1.54, 1.807) is 0 Å². The predicted octanol–water partition coefficient (Wildman–Crippen LogP) is 15.9. The number of para-hydroxylation sites is 2. The first-order valence-electron chi connectivity index (χ1n) is 20.4. The topological polar surface area (TPSA) is 6.48 Å². The van der Waals surface area contributed by atoms with Gasteiger partial charge in [0.1, 0.15) is 0 Å². The van der Waals surface area contributed by atoms with Crippen molar-refractivity contribution in [2.24, 2.45) is 0 Å². The largest absolute Gasteiger partial charge is 0.310 e. The number of anilines is 6. The number of rotatable bonds is 9. The fourth-order valence-electron chi connectivity index (χ4n) is 8.76. The van der Waals surface area contributed by atoms with Crippen LogP contribution >= 0.6 is 0 Å². The molecule has 9 aromatic carbocycles. The summed E-state index contributed by atoms with van der Waals surface area (Å²) in [6.45, 7) is 4.74. The summed E-state index contributed by atoms with van der Waals surface area (Å²) < 4.78 is 0. The van der Waals surface area contributed by atoms with E-state index in [0.717, 1.165) is 34.1 Å². The Morgan fingerprint density at radius 3 is 0.847 bits per heavy atom. The second kappa shape index (κ2) is 15.2. The van der Waals surface area contributed by atoms with Crippen LogP contribution in [0.25, 0.3) is 44.5 Å². The van der Waals surface area contributed by atoms with Gasteiger partial charge in [0.05, 0.1) is 0 Å². The molecule has 9 aromatic rings. The van der Waals surface area contributed by atoms with Crippen molar-refractivity contribution in [2.45, 2.75) is 19.3 Å². The molecule has 1 aliphatic rings. The molecular weight excluding hydrogens is 713 g/mol. The smallest absolute Gasteiger partial charge is 0.0465 e. The third kappa shape index (κ3) is 6.79. The van der Waals surface area contributed by atoms with Crippen molar-refractivity contribution in [1.82, 2.24) is 0 Å². The fourth-order valence-corrected chi connectivity index (χ4v) is 8.76. The summed E-state index contributed by atoms with van der Waals surface area (Å²) in [4.78, 5) is 4.75. The first kappa shape index (κ1) is 36.0. The van der Waals surface area contributed by atoms with E-state index in [4.69, 9.17) is 0 Å². The Morgan fingerprint density at radius 1 is 0.254 bits per heavy atom. The molecule has 0 fully saturated rings. The van der Waals surface area contributed by atoms with Crippen molar-refractivity contribution in [3.8, 4) is 44.5 Å². The molecule has 0 aromatic heterocycles. The first-order valence-corrected chi connectivity index (χ1v) is 20.4. The molecule has 0 unspecified atom stereocenters. The molecule has 0 radical (unpaired) electrons.